The Balaban J connectivity index is 1.27. The molecule has 6 heteroatoms. The molecule has 1 fully saturated rings. The maximum atomic E-state index is 12.4. The monoisotopic (exact) mass is 364 g/mol. The second-order valence-corrected chi connectivity index (χ2v) is 7.04. The second kappa shape index (κ2) is 7.70. The second-order valence-electron chi connectivity index (χ2n) is 7.04. The van der Waals surface area contributed by atoms with E-state index in [4.69, 9.17) is 0 Å². The van der Waals surface area contributed by atoms with Gasteiger partial charge in [0.2, 0.25) is 5.91 Å². The predicted molar refractivity (Wildman–Crippen MR) is 106 cm³/mol. The van der Waals surface area contributed by atoms with Gasteiger partial charge in [-0.1, -0.05) is 30.3 Å². The van der Waals surface area contributed by atoms with Gasteiger partial charge in [-0.2, -0.15) is 0 Å². The summed E-state index contributed by atoms with van der Waals surface area (Å²) in [5, 5.41) is 5.86. The van der Waals surface area contributed by atoms with Crippen molar-refractivity contribution in [3.63, 3.8) is 0 Å². The van der Waals surface area contributed by atoms with Crippen LogP contribution in [-0.2, 0) is 17.8 Å². The molecule has 0 atom stereocenters. The summed E-state index contributed by atoms with van der Waals surface area (Å²) in [5.41, 5.74) is 4.23. The number of nitrogens with zero attached hydrogens (tertiary/aromatic N) is 2. The lowest BCUT2D eigenvalue weighted by Crippen LogP contribution is -2.47. The molecule has 0 bridgehead atoms. The van der Waals surface area contributed by atoms with Crippen molar-refractivity contribution in [3.05, 3.63) is 59.7 Å². The third-order valence-electron chi connectivity index (χ3n) is 5.14. The van der Waals surface area contributed by atoms with Crippen LogP contribution in [0.4, 0.5) is 16.2 Å². The van der Waals surface area contributed by atoms with Crippen molar-refractivity contribution in [2.24, 2.45) is 0 Å². The molecular weight excluding hydrogens is 340 g/mol. The van der Waals surface area contributed by atoms with E-state index >= 15 is 0 Å². The molecule has 0 saturated carbocycles. The lowest BCUT2D eigenvalue weighted by Gasteiger charge is -2.30. The van der Waals surface area contributed by atoms with E-state index < -0.39 is 0 Å². The van der Waals surface area contributed by atoms with Crippen molar-refractivity contribution in [3.8, 4) is 0 Å². The summed E-state index contributed by atoms with van der Waals surface area (Å²) in [5.74, 6) is -0.0226. The van der Waals surface area contributed by atoms with Gasteiger partial charge < -0.3 is 20.4 Å². The largest absolute Gasteiger partial charge is 0.362 e. The average molecular weight is 364 g/mol. The van der Waals surface area contributed by atoms with Crippen molar-refractivity contribution in [1.82, 2.24) is 10.2 Å². The first-order valence-corrected chi connectivity index (χ1v) is 9.43. The first-order chi connectivity index (χ1) is 13.2. The molecule has 0 aliphatic carbocycles. The quantitative estimate of drug-likeness (QED) is 0.857. The third-order valence-corrected chi connectivity index (χ3v) is 5.14. The number of hydrogen-bond acceptors (Lipinski definition) is 3. The summed E-state index contributed by atoms with van der Waals surface area (Å²) in [6.45, 7) is 3.41. The van der Waals surface area contributed by atoms with Crippen molar-refractivity contribution in [2.45, 2.75) is 19.4 Å². The molecule has 0 radical (unpaired) electrons. The van der Waals surface area contributed by atoms with E-state index in [-0.39, 0.29) is 11.9 Å². The van der Waals surface area contributed by atoms with Gasteiger partial charge in [0, 0.05) is 37.6 Å². The Labute approximate surface area is 159 Å². The maximum Gasteiger partial charge on any atom is 0.317 e. The van der Waals surface area contributed by atoms with E-state index in [9.17, 15) is 9.59 Å². The van der Waals surface area contributed by atoms with E-state index in [0.717, 1.165) is 49.4 Å². The lowest BCUT2D eigenvalue weighted by atomic mass is 10.2. The maximum absolute atomic E-state index is 12.4. The van der Waals surface area contributed by atoms with Gasteiger partial charge in [0.15, 0.2) is 0 Å². The Morgan fingerprint density at radius 2 is 1.74 bits per heavy atom. The molecule has 2 aromatic rings. The Morgan fingerprint density at radius 1 is 0.963 bits per heavy atom. The number of hydrogen-bond donors (Lipinski definition) is 2. The van der Waals surface area contributed by atoms with Crippen LogP contribution in [0.25, 0.3) is 0 Å². The molecular formula is C21H24N4O2. The lowest BCUT2D eigenvalue weighted by molar-refractivity contribution is -0.115. The van der Waals surface area contributed by atoms with Crippen LogP contribution in [0.1, 0.15) is 17.5 Å². The van der Waals surface area contributed by atoms with Gasteiger partial charge >= 0.3 is 6.03 Å². The summed E-state index contributed by atoms with van der Waals surface area (Å²) < 4.78 is 0. The number of urea groups is 1. The number of benzene rings is 2. The Hall–Kier alpha value is -3.02. The van der Waals surface area contributed by atoms with Crippen LogP contribution in [0, 0.1) is 0 Å². The van der Waals surface area contributed by atoms with Crippen LogP contribution in [0.15, 0.2) is 48.5 Å². The van der Waals surface area contributed by atoms with Gasteiger partial charge in [0.25, 0.3) is 0 Å². The number of carbonyl (C=O) groups excluding carboxylic acids is 2. The van der Waals surface area contributed by atoms with E-state index in [1.54, 1.807) is 4.90 Å². The Morgan fingerprint density at radius 3 is 2.48 bits per heavy atom. The highest BCUT2D eigenvalue weighted by atomic mass is 16.2. The summed E-state index contributed by atoms with van der Waals surface area (Å²) >= 11 is 0. The highest BCUT2D eigenvalue weighted by molar-refractivity contribution is 5.94. The number of fused-ring (bicyclic) bond motifs is 1. The van der Waals surface area contributed by atoms with Gasteiger partial charge in [-0.25, -0.2) is 4.79 Å². The Bertz CT molecular complexity index is 830. The number of anilines is 2. The van der Waals surface area contributed by atoms with Gasteiger partial charge in [-0.05, 0) is 42.2 Å². The van der Waals surface area contributed by atoms with Crippen LogP contribution >= 0.6 is 0 Å². The van der Waals surface area contributed by atoms with E-state index in [2.05, 4.69) is 27.7 Å². The minimum Gasteiger partial charge on any atom is -0.362 e. The topological polar surface area (TPSA) is 64.7 Å². The molecule has 2 aliphatic heterocycles. The summed E-state index contributed by atoms with van der Waals surface area (Å²) in [4.78, 5) is 28.1. The zero-order chi connectivity index (χ0) is 18.6. The molecule has 0 unspecified atom stereocenters. The minimum absolute atomic E-state index is 0.00970. The first-order valence-electron chi connectivity index (χ1n) is 9.43. The number of amides is 3. The zero-order valence-electron chi connectivity index (χ0n) is 15.3. The normalized spacial score (nSPS) is 15.1. The van der Waals surface area contributed by atoms with Gasteiger partial charge in [0.05, 0.1) is 6.54 Å². The van der Waals surface area contributed by atoms with E-state index in [1.807, 2.05) is 36.4 Å². The van der Waals surface area contributed by atoms with Crippen LogP contribution in [-0.4, -0.2) is 43.0 Å². The van der Waals surface area contributed by atoms with Crippen LogP contribution in [0.5, 0.6) is 0 Å². The zero-order valence-corrected chi connectivity index (χ0v) is 15.3. The van der Waals surface area contributed by atoms with Crippen LogP contribution < -0.4 is 15.5 Å². The van der Waals surface area contributed by atoms with Crippen LogP contribution in [0.2, 0.25) is 0 Å². The molecule has 2 N–H and O–H groups in total. The molecule has 2 aromatic carbocycles. The first kappa shape index (κ1) is 17.4. The fourth-order valence-corrected chi connectivity index (χ4v) is 3.46. The third kappa shape index (κ3) is 4.05. The molecule has 6 nitrogen and oxygen atoms in total. The van der Waals surface area contributed by atoms with E-state index in [1.165, 1.54) is 5.56 Å². The summed E-state index contributed by atoms with van der Waals surface area (Å²) in [6, 6.07) is 15.8. The SMILES string of the molecule is O=C(CN1CCc2ccccc21)Nc1ccc(CNC(=O)N2CCC2)cc1. The van der Waals surface area contributed by atoms with Crippen molar-refractivity contribution in [2.75, 3.05) is 36.4 Å². The smallest absolute Gasteiger partial charge is 0.317 e. The molecule has 0 spiro atoms. The standard InChI is InChI=1S/C21H24N4O2/c26-20(15-25-13-10-17-4-1-2-5-19(17)25)23-18-8-6-16(7-9-18)14-22-21(27)24-11-3-12-24/h1-2,4-9H,3,10-15H2,(H,22,27)(H,23,26). The van der Waals surface area contributed by atoms with Gasteiger partial charge in [-0.15, -0.1) is 0 Å². The fraction of sp³-hybridized carbons (Fsp3) is 0.333. The average Bonchev–Trinajstić information content (AvgIpc) is 3.03. The molecule has 3 amide bonds. The molecule has 2 aliphatic rings. The molecule has 2 heterocycles. The van der Waals surface area contributed by atoms with Crippen molar-refractivity contribution < 1.29 is 9.59 Å². The molecule has 140 valence electrons. The van der Waals surface area contributed by atoms with Crippen molar-refractivity contribution >= 4 is 23.3 Å². The number of nitrogens with one attached hydrogen (secondary N) is 2. The summed E-state index contributed by atoms with van der Waals surface area (Å²) in [7, 11) is 0. The molecule has 27 heavy (non-hydrogen) atoms. The number of carbonyl (C=O) groups is 2. The minimum atomic E-state index is -0.0226. The summed E-state index contributed by atoms with van der Waals surface area (Å²) in [6.07, 6.45) is 2.08. The van der Waals surface area contributed by atoms with Crippen molar-refractivity contribution in [1.29, 1.82) is 0 Å². The number of likely N-dealkylation sites (tertiary alicyclic amines) is 1. The molecule has 4 rings (SSSR count). The predicted octanol–water partition coefficient (Wildman–Crippen LogP) is 2.60. The van der Waals surface area contributed by atoms with E-state index in [0.29, 0.717) is 13.1 Å². The molecule has 1 saturated heterocycles. The van der Waals surface area contributed by atoms with Gasteiger partial charge in [0.1, 0.15) is 0 Å². The van der Waals surface area contributed by atoms with Crippen LogP contribution in [0.3, 0.4) is 0 Å². The highest BCUT2D eigenvalue weighted by Gasteiger charge is 2.21. The number of para-hydroxylation sites is 1. The fourth-order valence-electron chi connectivity index (χ4n) is 3.46. The van der Waals surface area contributed by atoms with Gasteiger partial charge in [-0.3, -0.25) is 4.79 Å². The highest BCUT2D eigenvalue weighted by Crippen LogP contribution is 2.27. The molecule has 0 aromatic heterocycles. The Kier molecular flexibility index (Phi) is 4.96. The number of rotatable bonds is 5.